The first-order valence-corrected chi connectivity index (χ1v) is 14.9. The molecular weight excluding hydrogens is 292 g/mol. The van der Waals surface area contributed by atoms with Gasteiger partial charge in [0.25, 0.3) is 0 Å². The van der Waals surface area contributed by atoms with E-state index in [-0.39, 0.29) is 22.4 Å². The first-order chi connectivity index (χ1) is 6.66. The van der Waals surface area contributed by atoms with Crippen molar-refractivity contribution in [2.45, 2.75) is 49.8 Å². The topological polar surface area (TPSA) is 0 Å². The van der Waals surface area contributed by atoms with Crippen LogP contribution in [0.15, 0.2) is 0 Å². The van der Waals surface area contributed by atoms with Crippen molar-refractivity contribution in [2.75, 3.05) is 0 Å². The van der Waals surface area contributed by atoms with E-state index in [0.717, 1.165) is 0 Å². The first-order valence-electron chi connectivity index (χ1n) is 4.82. The fourth-order valence-corrected chi connectivity index (χ4v) is 8.74. The van der Waals surface area contributed by atoms with Crippen molar-refractivity contribution in [3.63, 3.8) is 0 Å². The Bertz CT molecular complexity index is 219. The van der Waals surface area contributed by atoms with E-state index in [4.69, 9.17) is 0 Å². The maximum Gasteiger partial charge on any atom is 0.360 e. The fourth-order valence-electron chi connectivity index (χ4n) is 0.888. The van der Waals surface area contributed by atoms with Gasteiger partial charge in [0.1, 0.15) is 14.4 Å². The Kier molecular flexibility index (Phi) is 5.11. The first kappa shape index (κ1) is 16.9. The largest absolute Gasteiger partial charge is 0.360 e. The number of halogens is 4. The third-order valence-corrected chi connectivity index (χ3v) is 8.80. The minimum absolute atomic E-state index is 0.164. The van der Waals surface area contributed by atoms with Crippen molar-refractivity contribution in [1.82, 2.24) is 0 Å². The van der Waals surface area contributed by atoms with Gasteiger partial charge in [-0.25, -0.2) is 0 Å². The molecule has 0 atom stereocenters. The van der Waals surface area contributed by atoms with Crippen molar-refractivity contribution in [3.05, 3.63) is 0 Å². The van der Waals surface area contributed by atoms with Crippen LogP contribution in [0.5, 0.6) is 0 Å². The smallest absolute Gasteiger partial charge is 0.187 e. The minimum atomic E-state index is -3.97. The molecule has 0 amide bonds. The average molecular weight is 311 g/mol. The van der Waals surface area contributed by atoms with Crippen LogP contribution in [0.3, 0.4) is 0 Å². The quantitative estimate of drug-likeness (QED) is 0.498. The molecule has 0 saturated carbocycles. The maximum atomic E-state index is 13.5. The molecule has 0 aromatic heterocycles. The van der Waals surface area contributed by atoms with Crippen molar-refractivity contribution in [2.24, 2.45) is 0 Å². The highest BCUT2D eigenvalue weighted by Crippen LogP contribution is 2.54. The zero-order chi connectivity index (χ0) is 13.4. The van der Waals surface area contributed by atoms with Gasteiger partial charge >= 0.3 is 10.5 Å². The average Bonchev–Trinajstić information content (AvgIpc) is 1.72. The Balaban J connectivity index is 4.85. The van der Waals surface area contributed by atoms with Gasteiger partial charge in [-0.1, -0.05) is 39.3 Å². The monoisotopic (exact) mass is 310 g/mol. The number of alkyl halides is 4. The Morgan fingerprint density at radius 3 is 0.938 bits per heavy atom. The van der Waals surface area contributed by atoms with Gasteiger partial charge in [0.15, 0.2) is 0 Å². The van der Waals surface area contributed by atoms with E-state index in [1.165, 1.54) is 0 Å². The van der Waals surface area contributed by atoms with Gasteiger partial charge in [0.2, 0.25) is 0 Å². The molecule has 0 aliphatic carbocycles. The lowest BCUT2D eigenvalue weighted by atomic mass is 10.7. The van der Waals surface area contributed by atoms with E-state index in [2.05, 4.69) is 0 Å². The minimum Gasteiger partial charge on any atom is -0.187 e. The zero-order valence-corrected chi connectivity index (χ0v) is 14.0. The van der Waals surface area contributed by atoms with Crippen molar-refractivity contribution in [3.8, 4) is 0 Å². The lowest BCUT2D eigenvalue weighted by Gasteiger charge is -2.33. The summed E-state index contributed by atoms with van der Waals surface area (Å²) < 4.78 is 53.9. The second-order valence-corrected chi connectivity index (χ2v) is 23.9. The molecule has 0 heterocycles. The van der Waals surface area contributed by atoms with Crippen LogP contribution >= 0.6 is 22.4 Å². The number of hydrogen-bond donors (Lipinski definition) is 0. The third kappa shape index (κ3) is 5.97. The third-order valence-electron chi connectivity index (χ3n) is 1.21. The second kappa shape index (κ2) is 4.85. The Morgan fingerprint density at radius 2 is 0.812 bits per heavy atom. The lowest BCUT2D eigenvalue weighted by molar-refractivity contribution is -0.0818. The zero-order valence-electron chi connectivity index (χ0n) is 10.3. The highest BCUT2D eigenvalue weighted by Gasteiger charge is 2.60. The summed E-state index contributed by atoms with van der Waals surface area (Å²) in [6.45, 7) is 9.84. The molecule has 0 rings (SSSR count). The van der Waals surface area contributed by atoms with Crippen LogP contribution in [-0.2, 0) is 0 Å². The molecule has 0 bridgehead atoms. The molecule has 0 aliphatic heterocycles. The van der Waals surface area contributed by atoms with Gasteiger partial charge in [0, 0.05) is 0 Å². The van der Waals surface area contributed by atoms with E-state index in [1.807, 2.05) is 0 Å². The molecule has 0 aromatic rings. The highest BCUT2D eigenvalue weighted by atomic mass is 32.4. The van der Waals surface area contributed by atoms with Crippen LogP contribution in [0.2, 0.25) is 39.3 Å². The number of rotatable bonds is 5. The van der Waals surface area contributed by atoms with Crippen LogP contribution < -0.4 is 0 Å². The molecule has 0 fully saturated rings. The van der Waals surface area contributed by atoms with Crippen LogP contribution in [0.4, 0.5) is 17.6 Å². The molecule has 8 heteroatoms. The number of hydrogen-bond acceptors (Lipinski definition) is 2. The standard InChI is InChI=1S/C8H18F4S2Si2/c1-15(2,3)13-7(9,10)8(11,12)14-16(4,5)6/h1-6H3. The normalized spacial score (nSPS) is 15.4. The maximum absolute atomic E-state index is 13.5. The van der Waals surface area contributed by atoms with Gasteiger partial charge in [-0.3, -0.25) is 0 Å². The summed E-state index contributed by atoms with van der Waals surface area (Å²) in [6.07, 6.45) is 0. The SMILES string of the molecule is C[Si](C)(C)SC(F)(F)C(F)(F)S[Si](C)(C)C. The Labute approximate surface area is 104 Å². The van der Waals surface area contributed by atoms with E-state index in [1.54, 1.807) is 39.3 Å². The summed E-state index contributed by atoms with van der Waals surface area (Å²) in [7, 11) is -4.58. The molecule has 0 aromatic carbocycles. The molecule has 98 valence electrons. The van der Waals surface area contributed by atoms with Crippen LogP contribution in [0, 0.1) is 0 Å². The van der Waals surface area contributed by atoms with Crippen molar-refractivity contribution >= 4 is 36.9 Å². The van der Waals surface area contributed by atoms with E-state index < -0.39 is 25.0 Å². The molecule has 0 spiro atoms. The summed E-state index contributed by atoms with van der Waals surface area (Å²) in [5, 5.41) is -7.94. The van der Waals surface area contributed by atoms with Crippen molar-refractivity contribution < 1.29 is 17.6 Å². The van der Waals surface area contributed by atoms with Crippen molar-refractivity contribution in [1.29, 1.82) is 0 Å². The summed E-state index contributed by atoms with van der Waals surface area (Å²) in [5.74, 6) is 0. The van der Waals surface area contributed by atoms with E-state index >= 15 is 0 Å². The molecule has 0 nitrogen and oxygen atoms in total. The Hall–Kier alpha value is 0.854. The van der Waals surface area contributed by atoms with Crippen LogP contribution in [-0.4, -0.2) is 25.0 Å². The van der Waals surface area contributed by atoms with Crippen LogP contribution in [0.1, 0.15) is 0 Å². The summed E-state index contributed by atoms with van der Waals surface area (Å²) >= 11 is 0.327. The summed E-state index contributed by atoms with van der Waals surface area (Å²) in [4.78, 5) is 0. The van der Waals surface area contributed by atoms with Gasteiger partial charge in [-0.05, 0) is 0 Å². The van der Waals surface area contributed by atoms with Gasteiger partial charge in [-0.2, -0.15) is 17.6 Å². The highest BCUT2D eigenvalue weighted by molar-refractivity contribution is 8.32. The molecule has 0 N–H and O–H groups in total. The Morgan fingerprint density at radius 1 is 0.625 bits per heavy atom. The van der Waals surface area contributed by atoms with Gasteiger partial charge in [-0.15, -0.1) is 22.4 Å². The molecular formula is C8H18F4S2Si2. The summed E-state index contributed by atoms with van der Waals surface area (Å²) in [6, 6.07) is 0. The second-order valence-electron chi connectivity index (χ2n) is 5.46. The molecule has 0 saturated heterocycles. The summed E-state index contributed by atoms with van der Waals surface area (Å²) in [5.41, 5.74) is 0. The van der Waals surface area contributed by atoms with Gasteiger partial charge in [0.05, 0.1) is 0 Å². The lowest BCUT2D eigenvalue weighted by Crippen LogP contribution is -2.42. The molecule has 0 unspecified atom stereocenters. The van der Waals surface area contributed by atoms with Crippen LogP contribution in [0.25, 0.3) is 0 Å². The molecule has 0 aliphatic rings. The van der Waals surface area contributed by atoms with E-state index in [0.29, 0.717) is 0 Å². The predicted octanol–water partition coefficient (Wildman–Crippen LogP) is 5.31. The predicted molar refractivity (Wildman–Crippen MR) is 71.8 cm³/mol. The fraction of sp³-hybridized carbons (Fsp3) is 1.00. The van der Waals surface area contributed by atoms with Gasteiger partial charge < -0.3 is 0 Å². The molecule has 16 heavy (non-hydrogen) atoms. The molecule has 0 radical (unpaired) electrons. The van der Waals surface area contributed by atoms with E-state index in [9.17, 15) is 17.6 Å².